The fourth-order valence-corrected chi connectivity index (χ4v) is 3.13. The van der Waals surface area contributed by atoms with Crippen molar-refractivity contribution >= 4 is 23.1 Å². The molecule has 2 N–H and O–H groups in total. The average molecular weight is 362 g/mol. The van der Waals surface area contributed by atoms with Crippen LogP contribution in [0.25, 0.3) is 0 Å². The maximum atomic E-state index is 5.64. The van der Waals surface area contributed by atoms with E-state index >= 15 is 0 Å². The zero-order chi connectivity index (χ0) is 18.8. The number of aryl methyl sites for hydroxylation is 3. The van der Waals surface area contributed by atoms with Gasteiger partial charge in [0.1, 0.15) is 19.0 Å². The van der Waals surface area contributed by atoms with Crippen LogP contribution in [0.5, 0.6) is 11.5 Å². The molecule has 0 spiro atoms. The second-order valence-electron chi connectivity index (χ2n) is 6.70. The molecule has 0 saturated carbocycles. The Bertz CT molecular complexity index is 968. The van der Waals surface area contributed by atoms with E-state index in [-0.39, 0.29) is 0 Å². The first-order valence-electron chi connectivity index (χ1n) is 8.93. The first-order chi connectivity index (χ1) is 13.0. The molecular weight excluding hydrogens is 340 g/mol. The molecule has 0 bridgehead atoms. The molecule has 2 heterocycles. The SMILES string of the molecule is Cc1cc(C)cc(Nc2nc(C)cc(Nc3ccc4c(c3)OCCO4)n2)c1. The third kappa shape index (κ3) is 4.11. The smallest absolute Gasteiger partial charge is 0.229 e. The molecule has 6 nitrogen and oxygen atoms in total. The third-order valence-electron chi connectivity index (χ3n) is 4.15. The van der Waals surface area contributed by atoms with Gasteiger partial charge >= 0.3 is 0 Å². The van der Waals surface area contributed by atoms with Crippen LogP contribution in [0, 0.1) is 20.8 Å². The van der Waals surface area contributed by atoms with Crippen LogP contribution in [-0.2, 0) is 0 Å². The van der Waals surface area contributed by atoms with Crippen molar-refractivity contribution in [2.45, 2.75) is 20.8 Å². The van der Waals surface area contributed by atoms with E-state index in [9.17, 15) is 0 Å². The van der Waals surface area contributed by atoms with Crippen molar-refractivity contribution in [3.8, 4) is 11.5 Å². The van der Waals surface area contributed by atoms with Gasteiger partial charge < -0.3 is 20.1 Å². The monoisotopic (exact) mass is 362 g/mol. The van der Waals surface area contributed by atoms with Crippen LogP contribution in [0.4, 0.5) is 23.1 Å². The van der Waals surface area contributed by atoms with Gasteiger partial charge in [-0.3, -0.25) is 0 Å². The Balaban J connectivity index is 1.57. The van der Waals surface area contributed by atoms with E-state index in [1.165, 1.54) is 11.1 Å². The van der Waals surface area contributed by atoms with E-state index in [2.05, 4.69) is 52.6 Å². The Morgan fingerprint density at radius 2 is 1.48 bits per heavy atom. The summed E-state index contributed by atoms with van der Waals surface area (Å²) in [5.74, 6) is 2.78. The molecule has 0 saturated heterocycles. The number of rotatable bonds is 4. The molecule has 0 unspecified atom stereocenters. The molecule has 4 rings (SSSR count). The van der Waals surface area contributed by atoms with Gasteiger partial charge in [0.15, 0.2) is 11.5 Å². The van der Waals surface area contributed by atoms with Crippen molar-refractivity contribution < 1.29 is 9.47 Å². The molecule has 0 aliphatic carbocycles. The van der Waals surface area contributed by atoms with Crippen molar-refractivity contribution in [3.63, 3.8) is 0 Å². The predicted molar refractivity (Wildman–Crippen MR) is 107 cm³/mol. The minimum Gasteiger partial charge on any atom is -0.486 e. The number of hydrogen-bond acceptors (Lipinski definition) is 6. The van der Waals surface area contributed by atoms with Crippen molar-refractivity contribution in [2.75, 3.05) is 23.8 Å². The van der Waals surface area contributed by atoms with Gasteiger partial charge in [0.25, 0.3) is 0 Å². The van der Waals surface area contributed by atoms with Crippen molar-refractivity contribution in [1.29, 1.82) is 0 Å². The second kappa shape index (κ2) is 7.15. The third-order valence-corrected chi connectivity index (χ3v) is 4.15. The summed E-state index contributed by atoms with van der Waals surface area (Å²) in [7, 11) is 0. The molecule has 1 aromatic heterocycles. The molecule has 0 amide bonds. The minimum atomic E-state index is 0.556. The summed E-state index contributed by atoms with van der Waals surface area (Å²) in [5.41, 5.74) is 5.12. The van der Waals surface area contributed by atoms with Crippen LogP contribution < -0.4 is 20.1 Å². The lowest BCUT2D eigenvalue weighted by Crippen LogP contribution is -2.15. The van der Waals surface area contributed by atoms with Crippen LogP contribution in [0.1, 0.15) is 16.8 Å². The highest BCUT2D eigenvalue weighted by Gasteiger charge is 2.12. The molecule has 2 aromatic carbocycles. The summed E-state index contributed by atoms with van der Waals surface area (Å²) < 4.78 is 11.2. The number of anilines is 4. The lowest BCUT2D eigenvalue weighted by Gasteiger charge is -2.19. The van der Waals surface area contributed by atoms with Gasteiger partial charge in [0, 0.05) is 29.2 Å². The van der Waals surface area contributed by atoms with Crippen molar-refractivity contribution in [2.24, 2.45) is 0 Å². The Morgan fingerprint density at radius 1 is 0.741 bits per heavy atom. The zero-order valence-electron chi connectivity index (χ0n) is 15.7. The highest BCUT2D eigenvalue weighted by Crippen LogP contribution is 2.33. The van der Waals surface area contributed by atoms with E-state index in [1.54, 1.807) is 0 Å². The standard InChI is InChI=1S/C21H22N4O2/c1-13-8-14(2)10-17(9-13)24-21-22-15(3)11-20(25-21)23-16-4-5-18-19(12-16)27-7-6-26-18/h4-5,8-12H,6-7H2,1-3H3,(H2,22,23,24,25). The average Bonchev–Trinajstić information content (AvgIpc) is 2.60. The summed E-state index contributed by atoms with van der Waals surface area (Å²) in [4.78, 5) is 9.08. The highest BCUT2D eigenvalue weighted by atomic mass is 16.6. The summed E-state index contributed by atoms with van der Waals surface area (Å²) >= 11 is 0. The van der Waals surface area contributed by atoms with Crippen LogP contribution in [-0.4, -0.2) is 23.2 Å². The van der Waals surface area contributed by atoms with Gasteiger partial charge in [-0.25, -0.2) is 4.98 Å². The lowest BCUT2D eigenvalue weighted by atomic mass is 10.1. The van der Waals surface area contributed by atoms with E-state index in [0.29, 0.717) is 25.0 Å². The first kappa shape index (κ1) is 17.1. The van der Waals surface area contributed by atoms with E-state index < -0.39 is 0 Å². The molecule has 0 fully saturated rings. The first-order valence-corrected chi connectivity index (χ1v) is 8.93. The van der Waals surface area contributed by atoms with E-state index in [4.69, 9.17) is 9.47 Å². The number of fused-ring (bicyclic) bond motifs is 1. The molecule has 27 heavy (non-hydrogen) atoms. The molecule has 3 aromatic rings. The number of nitrogens with zero attached hydrogens (tertiary/aromatic N) is 2. The number of benzene rings is 2. The summed E-state index contributed by atoms with van der Waals surface area (Å²) in [6, 6.07) is 14.0. The van der Waals surface area contributed by atoms with Gasteiger partial charge in [-0.05, 0) is 56.2 Å². The molecule has 1 aliphatic heterocycles. The van der Waals surface area contributed by atoms with Gasteiger partial charge in [0.2, 0.25) is 5.95 Å². The van der Waals surface area contributed by atoms with Crippen LogP contribution in [0.2, 0.25) is 0 Å². The summed E-state index contributed by atoms with van der Waals surface area (Å²) in [6.07, 6.45) is 0. The van der Waals surface area contributed by atoms with Crippen LogP contribution >= 0.6 is 0 Å². The molecule has 6 heteroatoms. The molecule has 0 radical (unpaired) electrons. The van der Waals surface area contributed by atoms with Gasteiger partial charge in [-0.15, -0.1) is 0 Å². The van der Waals surface area contributed by atoms with Crippen molar-refractivity contribution in [1.82, 2.24) is 9.97 Å². The Kier molecular flexibility index (Phi) is 4.54. The normalized spacial score (nSPS) is 12.6. The lowest BCUT2D eigenvalue weighted by molar-refractivity contribution is 0.171. The number of nitrogens with one attached hydrogen (secondary N) is 2. The second-order valence-corrected chi connectivity index (χ2v) is 6.70. The van der Waals surface area contributed by atoms with Crippen molar-refractivity contribution in [3.05, 3.63) is 59.3 Å². The van der Waals surface area contributed by atoms with E-state index in [1.807, 2.05) is 31.2 Å². The van der Waals surface area contributed by atoms with Gasteiger partial charge in [-0.1, -0.05) is 6.07 Å². The predicted octanol–water partition coefficient (Wildman–Crippen LogP) is 4.66. The molecule has 0 atom stereocenters. The van der Waals surface area contributed by atoms with Gasteiger partial charge in [0.05, 0.1) is 0 Å². The maximum Gasteiger partial charge on any atom is 0.229 e. The molecule has 1 aliphatic rings. The Labute approximate surface area is 158 Å². The fraction of sp³-hybridized carbons (Fsp3) is 0.238. The quantitative estimate of drug-likeness (QED) is 0.703. The summed E-state index contributed by atoms with van der Waals surface area (Å²) in [5, 5.41) is 6.61. The van der Waals surface area contributed by atoms with Gasteiger partial charge in [-0.2, -0.15) is 4.98 Å². The highest BCUT2D eigenvalue weighted by molar-refractivity contribution is 5.64. The number of ether oxygens (including phenoxy) is 2. The zero-order valence-corrected chi connectivity index (χ0v) is 15.7. The van der Waals surface area contributed by atoms with Crippen LogP contribution in [0.3, 0.4) is 0 Å². The largest absolute Gasteiger partial charge is 0.486 e. The topological polar surface area (TPSA) is 68.3 Å². The van der Waals surface area contributed by atoms with E-state index in [0.717, 1.165) is 28.6 Å². The summed E-state index contributed by atoms with van der Waals surface area (Å²) in [6.45, 7) is 7.24. The molecule has 138 valence electrons. The maximum absolute atomic E-state index is 5.64. The number of aromatic nitrogens is 2. The molecular formula is C21H22N4O2. The van der Waals surface area contributed by atoms with Crippen LogP contribution in [0.15, 0.2) is 42.5 Å². The Morgan fingerprint density at radius 3 is 2.26 bits per heavy atom. The minimum absolute atomic E-state index is 0.556. The fourth-order valence-electron chi connectivity index (χ4n) is 3.13. The Hall–Kier alpha value is -3.28. The number of hydrogen-bond donors (Lipinski definition) is 2.